The second-order valence-electron chi connectivity index (χ2n) is 7.17. The van der Waals surface area contributed by atoms with Gasteiger partial charge in [0.2, 0.25) is 0 Å². The maximum absolute atomic E-state index is 12.9. The Morgan fingerprint density at radius 1 is 1.15 bits per heavy atom. The Hall–Kier alpha value is -2.25. The predicted octanol–water partition coefficient (Wildman–Crippen LogP) is 1.93. The highest BCUT2D eigenvalue weighted by Gasteiger charge is 2.28. The number of morpholine rings is 1. The van der Waals surface area contributed by atoms with Crippen molar-refractivity contribution in [3.05, 3.63) is 47.8 Å². The molecule has 2 aliphatic rings. The van der Waals surface area contributed by atoms with Gasteiger partial charge in [0.15, 0.2) is 5.69 Å². The van der Waals surface area contributed by atoms with Crippen molar-refractivity contribution in [1.82, 2.24) is 19.9 Å². The fourth-order valence-corrected chi connectivity index (χ4v) is 3.78. The summed E-state index contributed by atoms with van der Waals surface area (Å²) in [5.41, 5.74) is 7.47. The van der Waals surface area contributed by atoms with E-state index in [1.54, 1.807) is 6.20 Å². The molecule has 0 spiro atoms. The normalized spacial score (nSPS) is 26.7. The SMILES string of the molecule is NC1CCC(n2cc(C(=O)N3CCO[C@@H](c4ccccc4)C3)nn2)CC1. The second kappa shape index (κ2) is 7.55. The number of nitrogens with two attached hydrogens (primary N) is 1. The first-order valence-corrected chi connectivity index (χ1v) is 9.34. The number of benzene rings is 1. The molecular weight excluding hydrogens is 330 g/mol. The van der Waals surface area contributed by atoms with Gasteiger partial charge in [0.25, 0.3) is 5.91 Å². The molecule has 138 valence electrons. The average molecular weight is 355 g/mol. The highest BCUT2D eigenvalue weighted by molar-refractivity contribution is 5.92. The molecule has 1 aromatic carbocycles. The van der Waals surface area contributed by atoms with E-state index in [4.69, 9.17) is 10.5 Å². The van der Waals surface area contributed by atoms with Crippen molar-refractivity contribution in [1.29, 1.82) is 0 Å². The third-order valence-electron chi connectivity index (χ3n) is 5.37. The monoisotopic (exact) mass is 355 g/mol. The summed E-state index contributed by atoms with van der Waals surface area (Å²) in [5, 5.41) is 8.34. The molecule has 1 amide bonds. The molecular formula is C19H25N5O2. The Balaban J connectivity index is 1.42. The van der Waals surface area contributed by atoms with Gasteiger partial charge in [-0.2, -0.15) is 0 Å². The molecule has 1 aromatic heterocycles. The number of nitrogens with zero attached hydrogens (tertiary/aromatic N) is 4. The summed E-state index contributed by atoms with van der Waals surface area (Å²) in [4.78, 5) is 14.7. The summed E-state index contributed by atoms with van der Waals surface area (Å²) in [6.07, 6.45) is 5.67. The molecule has 0 bridgehead atoms. The summed E-state index contributed by atoms with van der Waals surface area (Å²) in [7, 11) is 0. The first-order chi connectivity index (χ1) is 12.7. The molecule has 4 rings (SSSR count). The van der Waals surface area contributed by atoms with E-state index < -0.39 is 0 Å². The molecule has 7 nitrogen and oxygen atoms in total. The van der Waals surface area contributed by atoms with E-state index in [-0.39, 0.29) is 12.0 Å². The zero-order valence-electron chi connectivity index (χ0n) is 14.8. The quantitative estimate of drug-likeness (QED) is 0.909. The van der Waals surface area contributed by atoms with Crippen LogP contribution in [-0.4, -0.2) is 51.5 Å². The highest BCUT2D eigenvalue weighted by Crippen LogP contribution is 2.27. The smallest absolute Gasteiger partial charge is 0.276 e. The minimum absolute atomic E-state index is 0.0759. The van der Waals surface area contributed by atoms with Crippen molar-refractivity contribution in [3.63, 3.8) is 0 Å². The van der Waals surface area contributed by atoms with Gasteiger partial charge in [-0.05, 0) is 31.2 Å². The molecule has 0 unspecified atom stereocenters. The largest absolute Gasteiger partial charge is 0.370 e. The number of aromatic nitrogens is 3. The van der Waals surface area contributed by atoms with E-state index in [0.29, 0.717) is 37.5 Å². The Bertz CT molecular complexity index is 739. The van der Waals surface area contributed by atoms with Gasteiger partial charge in [0, 0.05) is 12.6 Å². The summed E-state index contributed by atoms with van der Waals surface area (Å²) < 4.78 is 7.69. The molecule has 7 heteroatoms. The second-order valence-corrected chi connectivity index (χ2v) is 7.17. The molecule has 0 radical (unpaired) electrons. The van der Waals surface area contributed by atoms with E-state index in [0.717, 1.165) is 31.2 Å². The van der Waals surface area contributed by atoms with Crippen LogP contribution in [0.5, 0.6) is 0 Å². The molecule has 1 aliphatic heterocycles. The van der Waals surface area contributed by atoms with Crippen molar-refractivity contribution in [3.8, 4) is 0 Å². The van der Waals surface area contributed by atoms with E-state index in [1.807, 2.05) is 39.9 Å². The Labute approximate surface area is 153 Å². The Morgan fingerprint density at radius 3 is 2.69 bits per heavy atom. The first-order valence-electron chi connectivity index (χ1n) is 9.34. The summed E-state index contributed by atoms with van der Waals surface area (Å²) in [6.45, 7) is 1.64. The number of hydrogen-bond donors (Lipinski definition) is 1. The first kappa shape index (κ1) is 17.2. The number of ether oxygens (including phenoxy) is 1. The third kappa shape index (κ3) is 3.64. The van der Waals surface area contributed by atoms with Gasteiger partial charge in [-0.3, -0.25) is 4.79 Å². The maximum atomic E-state index is 12.9. The van der Waals surface area contributed by atoms with E-state index >= 15 is 0 Å². The molecule has 2 N–H and O–H groups in total. The van der Waals surface area contributed by atoms with Crippen LogP contribution in [0, 0.1) is 0 Å². The maximum Gasteiger partial charge on any atom is 0.276 e. The van der Waals surface area contributed by atoms with Gasteiger partial charge >= 0.3 is 0 Å². The molecule has 2 fully saturated rings. The number of carbonyl (C=O) groups excluding carboxylic acids is 1. The minimum atomic E-state index is -0.0937. The van der Waals surface area contributed by atoms with Gasteiger partial charge in [-0.25, -0.2) is 4.68 Å². The summed E-state index contributed by atoms with van der Waals surface area (Å²) in [5.74, 6) is -0.0759. The van der Waals surface area contributed by atoms with Gasteiger partial charge in [0.05, 0.1) is 25.4 Å². The zero-order chi connectivity index (χ0) is 17.9. The van der Waals surface area contributed by atoms with Gasteiger partial charge < -0.3 is 15.4 Å². The number of hydrogen-bond acceptors (Lipinski definition) is 5. The Kier molecular flexibility index (Phi) is 4.99. The fourth-order valence-electron chi connectivity index (χ4n) is 3.78. The van der Waals surface area contributed by atoms with Crippen molar-refractivity contribution < 1.29 is 9.53 Å². The molecule has 26 heavy (non-hydrogen) atoms. The van der Waals surface area contributed by atoms with Crippen molar-refractivity contribution in [2.75, 3.05) is 19.7 Å². The average Bonchev–Trinajstić information content (AvgIpc) is 3.19. The molecule has 1 saturated carbocycles. The van der Waals surface area contributed by atoms with E-state index in [2.05, 4.69) is 10.3 Å². The van der Waals surface area contributed by atoms with Crippen molar-refractivity contribution >= 4 is 5.91 Å². The lowest BCUT2D eigenvalue weighted by atomic mass is 9.92. The summed E-state index contributed by atoms with van der Waals surface area (Å²) >= 11 is 0. The predicted molar refractivity (Wildman–Crippen MR) is 96.5 cm³/mol. The van der Waals surface area contributed by atoms with E-state index in [1.165, 1.54) is 0 Å². The van der Waals surface area contributed by atoms with Gasteiger partial charge in [-0.15, -0.1) is 5.10 Å². The molecule has 1 aliphatic carbocycles. The van der Waals surface area contributed by atoms with Gasteiger partial charge in [0.1, 0.15) is 6.10 Å². The minimum Gasteiger partial charge on any atom is -0.370 e. The van der Waals surface area contributed by atoms with E-state index in [9.17, 15) is 4.79 Å². The molecule has 2 heterocycles. The van der Waals surface area contributed by atoms with Crippen LogP contribution in [-0.2, 0) is 4.74 Å². The summed E-state index contributed by atoms with van der Waals surface area (Å²) in [6, 6.07) is 10.6. The standard InChI is InChI=1S/C19H25N5O2/c20-15-6-8-16(9-7-15)24-12-17(21-22-24)19(25)23-10-11-26-18(13-23)14-4-2-1-3-5-14/h1-5,12,15-16,18H,6-11,13,20H2/t15?,16?,18-/m1/s1. The number of rotatable bonds is 3. The molecule has 1 atom stereocenters. The van der Waals surface area contributed by atoms with Crippen LogP contribution in [0.4, 0.5) is 0 Å². The Morgan fingerprint density at radius 2 is 1.92 bits per heavy atom. The molecule has 1 saturated heterocycles. The highest BCUT2D eigenvalue weighted by atomic mass is 16.5. The van der Waals surface area contributed by atoms with Crippen molar-refractivity contribution in [2.24, 2.45) is 5.73 Å². The van der Waals surface area contributed by atoms with Crippen LogP contribution in [0.25, 0.3) is 0 Å². The number of carbonyl (C=O) groups is 1. The van der Waals surface area contributed by atoms with Crippen LogP contribution in [0.15, 0.2) is 36.5 Å². The van der Waals surface area contributed by atoms with Gasteiger partial charge in [-0.1, -0.05) is 35.5 Å². The van der Waals surface area contributed by atoms with Crippen LogP contribution >= 0.6 is 0 Å². The van der Waals surface area contributed by atoms with Crippen LogP contribution < -0.4 is 5.73 Å². The fraction of sp³-hybridized carbons (Fsp3) is 0.526. The lowest BCUT2D eigenvalue weighted by Gasteiger charge is -2.32. The van der Waals surface area contributed by atoms with Crippen LogP contribution in [0.1, 0.15) is 53.9 Å². The van der Waals surface area contributed by atoms with Crippen LogP contribution in [0.3, 0.4) is 0 Å². The lowest BCUT2D eigenvalue weighted by Crippen LogP contribution is -2.42. The van der Waals surface area contributed by atoms with Crippen molar-refractivity contribution in [2.45, 2.75) is 43.9 Å². The molecule has 2 aromatic rings. The topological polar surface area (TPSA) is 86.3 Å². The lowest BCUT2D eigenvalue weighted by molar-refractivity contribution is -0.0230. The number of amides is 1. The zero-order valence-corrected chi connectivity index (χ0v) is 14.8. The van der Waals surface area contributed by atoms with Crippen LogP contribution in [0.2, 0.25) is 0 Å². The third-order valence-corrected chi connectivity index (χ3v) is 5.37.